The largest absolute Gasteiger partial charge is 0.352 e. The summed E-state index contributed by atoms with van der Waals surface area (Å²) in [5.41, 5.74) is 1.37. The molecule has 0 spiro atoms. The molecular weight excluding hydrogens is 396 g/mol. The van der Waals surface area contributed by atoms with Gasteiger partial charge in [0.25, 0.3) is 5.91 Å². The molecule has 0 saturated carbocycles. The second kappa shape index (κ2) is 7.50. The van der Waals surface area contributed by atoms with E-state index in [1.165, 1.54) is 0 Å². The van der Waals surface area contributed by atoms with Crippen molar-refractivity contribution in [2.24, 2.45) is 0 Å². The normalized spacial score (nSPS) is 10.5. The summed E-state index contributed by atoms with van der Waals surface area (Å²) in [6, 6.07) is 10.5. The molecular formula is C15H11BrCl3NO. The zero-order valence-corrected chi connectivity index (χ0v) is 14.7. The highest BCUT2D eigenvalue weighted by molar-refractivity contribution is 9.10. The predicted molar refractivity (Wildman–Crippen MR) is 91.7 cm³/mol. The van der Waals surface area contributed by atoms with E-state index in [1.807, 2.05) is 6.07 Å². The lowest BCUT2D eigenvalue weighted by Crippen LogP contribution is -2.26. The van der Waals surface area contributed by atoms with Gasteiger partial charge in [0.05, 0.1) is 10.6 Å². The van der Waals surface area contributed by atoms with Crippen LogP contribution in [0.5, 0.6) is 0 Å². The first-order chi connectivity index (χ1) is 9.99. The summed E-state index contributed by atoms with van der Waals surface area (Å²) >= 11 is 21.3. The Kier molecular flexibility index (Phi) is 5.94. The number of hydrogen-bond donors (Lipinski definition) is 1. The summed E-state index contributed by atoms with van der Waals surface area (Å²) in [5, 5.41) is 4.41. The van der Waals surface area contributed by atoms with E-state index < -0.39 is 0 Å². The number of carbonyl (C=O) groups excluding carboxylic acids is 1. The van der Waals surface area contributed by atoms with Crippen molar-refractivity contribution >= 4 is 56.6 Å². The van der Waals surface area contributed by atoms with Crippen molar-refractivity contribution < 1.29 is 4.79 Å². The maximum Gasteiger partial charge on any atom is 0.252 e. The van der Waals surface area contributed by atoms with Crippen molar-refractivity contribution in [3.63, 3.8) is 0 Å². The molecule has 0 aliphatic carbocycles. The van der Waals surface area contributed by atoms with E-state index in [1.54, 1.807) is 30.3 Å². The molecule has 1 N–H and O–H groups in total. The fourth-order valence-electron chi connectivity index (χ4n) is 1.81. The molecule has 0 unspecified atom stereocenters. The lowest BCUT2D eigenvalue weighted by atomic mass is 10.1. The first-order valence-electron chi connectivity index (χ1n) is 6.15. The number of hydrogen-bond acceptors (Lipinski definition) is 1. The Hall–Kier alpha value is -0.740. The van der Waals surface area contributed by atoms with Gasteiger partial charge in [-0.3, -0.25) is 4.79 Å². The fraction of sp³-hybridized carbons (Fsp3) is 0.133. The van der Waals surface area contributed by atoms with Crippen LogP contribution in [0.2, 0.25) is 15.1 Å². The van der Waals surface area contributed by atoms with Gasteiger partial charge in [0, 0.05) is 21.1 Å². The lowest BCUT2D eigenvalue weighted by molar-refractivity contribution is 0.0954. The van der Waals surface area contributed by atoms with Crippen LogP contribution in [0.1, 0.15) is 15.9 Å². The summed E-state index contributed by atoms with van der Waals surface area (Å²) in [6.45, 7) is 0.461. The molecule has 6 heteroatoms. The van der Waals surface area contributed by atoms with E-state index in [-0.39, 0.29) is 5.91 Å². The Morgan fingerprint density at radius 1 is 1.14 bits per heavy atom. The third-order valence-corrected chi connectivity index (χ3v) is 4.77. The van der Waals surface area contributed by atoms with Crippen LogP contribution in [0.3, 0.4) is 0 Å². The average molecular weight is 408 g/mol. The maximum absolute atomic E-state index is 12.1. The van der Waals surface area contributed by atoms with Crippen molar-refractivity contribution in [3.05, 3.63) is 67.1 Å². The highest BCUT2D eigenvalue weighted by Crippen LogP contribution is 2.26. The van der Waals surface area contributed by atoms with Gasteiger partial charge in [0.2, 0.25) is 0 Å². The third-order valence-electron chi connectivity index (χ3n) is 2.89. The minimum atomic E-state index is -0.216. The monoisotopic (exact) mass is 405 g/mol. The molecule has 0 saturated heterocycles. The topological polar surface area (TPSA) is 29.1 Å². The van der Waals surface area contributed by atoms with Crippen LogP contribution in [-0.2, 0) is 6.42 Å². The minimum absolute atomic E-state index is 0.216. The SMILES string of the molecule is O=C(NCCc1ccc(Cl)cc1Cl)c1cccc(Br)c1Cl. The van der Waals surface area contributed by atoms with Gasteiger partial charge >= 0.3 is 0 Å². The summed E-state index contributed by atoms with van der Waals surface area (Å²) in [5.74, 6) is -0.216. The number of benzene rings is 2. The van der Waals surface area contributed by atoms with E-state index in [0.717, 1.165) is 5.56 Å². The van der Waals surface area contributed by atoms with Crippen LogP contribution in [0.25, 0.3) is 0 Å². The molecule has 0 aliphatic rings. The van der Waals surface area contributed by atoms with Gasteiger partial charge in [-0.2, -0.15) is 0 Å². The Bertz CT molecular complexity index is 676. The number of nitrogens with one attached hydrogen (secondary N) is 1. The van der Waals surface area contributed by atoms with Gasteiger partial charge < -0.3 is 5.32 Å². The number of rotatable bonds is 4. The quantitative estimate of drug-likeness (QED) is 0.724. The standard InChI is InChI=1S/C15H11BrCl3NO/c16-12-3-1-2-11(14(12)19)15(21)20-7-6-9-4-5-10(17)8-13(9)18/h1-5,8H,6-7H2,(H,20,21). The van der Waals surface area contributed by atoms with Gasteiger partial charge in [-0.1, -0.05) is 46.9 Å². The van der Waals surface area contributed by atoms with Gasteiger partial charge in [-0.05, 0) is 52.2 Å². The minimum Gasteiger partial charge on any atom is -0.352 e. The molecule has 2 nitrogen and oxygen atoms in total. The van der Waals surface area contributed by atoms with Crippen molar-refractivity contribution in [2.45, 2.75) is 6.42 Å². The Balaban J connectivity index is 1.97. The summed E-state index contributed by atoms with van der Waals surface area (Å²) in [6.07, 6.45) is 0.618. The van der Waals surface area contributed by atoms with Gasteiger partial charge in [0.15, 0.2) is 0 Å². The van der Waals surface area contributed by atoms with Crippen LogP contribution >= 0.6 is 50.7 Å². The first-order valence-corrected chi connectivity index (χ1v) is 8.08. The lowest BCUT2D eigenvalue weighted by Gasteiger charge is -2.09. The molecule has 110 valence electrons. The summed E-state index contributed by atoms with van der Waals surface area (Å²) in [7, 11) is 0. The molecule has 0 radical (unpaired) electrons. The van der Waals surface area contributed by atoms with Crippen molar-refractivity contribution in [2.75, 3.05) is 6.54 Å². The first kappa shape index (κ1) is 16.6. The molecule has 0 heterocycles. The maximum atomic E-state index is 12.1. The summed E-state index contributed by atoms with van der Waals surface area (Å²) in [4.78, 5) is 12.1. The number of amides is 1. The zero-order chi connectivity index (χ0) is 15.4. The van der Waals surface area contributed by atoms with Crippen molar-refractivity contribution in [3.8, 4) is 0 Å². The van der Waals surface area contributed by atoms with Crippen LogP contribution in [-0.4, -0.2) is 12.5 Å². The van der Waals surface area contributed by atoms with Crippen LogP contribution in [0.15, 0.2) is 40.9 Å². The second-order valence-corrected chi connectivity index (χ2v) is 6.42. The van der Waals surface area contributed by atoms with Gasteiger partial charge in [-0.25, -0.2) is 0 Å². The fourth-order valence-corrected chi connectivity index (χ4v) is 2.89. The summed E-state index contributed by atoms with van der Waals surface area (Å²) < 4.78 is 0.692. The number of halogens is 4. The second-order valence-electron chi connectivity index (χ2n) is 4.34. The van der Waals surface area contributed by atoms with Crippen LogP contribution in [0, 0.1) is 0 Å². The highest BCUT2D eigenvalue weighted by Gasteiger charge is 2.12. The van der Waals surface area contributed by atoms with E-state index in [9.17, 15) is 4.79 Å². The van der Waals surface area contributed by atoms with Crippen molar-refractivity contribution in [1.82, 2.24) is 5.32 Å². The molecule has 21 heavy (non-hydrogen) atoms. The molecule has 0 fully saturated rings. The Morgan fingerprint density at radius 2 is 1.90 bits per heavy atom. The molecule has 2 rings (SSSR count). The zero-order valence-electron chi connectivity index (χ0n) is 10.8. The van der Waals surface area contributed by atoms with Crippen LogP contribution in [0.4, 0.5) is 0 Å². The highest BCUT2D eigenvalue weighted by atomic mass is 79.9. The van der Waals surface area contributed by atoms with E-state index >= 15 is 0 Å². The number of carbonyl (C=O) groups is 1. The molecule has 2 aromatic carbocycles. The van der Waals surface area contributed by atoms with E-state index in [4.69, 9.17) is 34.8 Å². The molecule has 0 aliphatic heterocycles. The van der Waals surface area contributed by atoms with E-state index in [2.05, 4.69) is 21.2 Å². The Labute approximate surface area is 146 Å². The van der Waals surface area contributed by atoms with Gasteiger partial charge in [0.1, 0.15) is 0 Å². The van der Waals surface area contributed by atoms with Crippen LogP contribution < -0.4 is 5.32 Å². The molecule has 0 bridgehead atoms. The average Bonchev–Trinajstić information content (AvgIpc) is 2.44. The van der Waals surface area contributed by atoms with Crippen molar-refractivity contribution in [1.29, 1.82) is 0 Å². The Morgan fingerprint density at radius 3 is 2.62 bits per heavy atom. The smallest absolute Gasteiger partial charge is 0.252 e. The molecule has 0 atom stereocenters. The predicted octanol–water partition coefficient (Wildman–Crippen LogP) is 5.38. The molecule has 0 aromatic heterocycles. The van der Waals surface area contributed by atoms with Gasteiger partial charge in [-0.15, -0.1) is 0 Å². The molecule has 2 aromatic rings. The third kappa shape index (κ3) is 4.36. The molecule has 1 amide bonds. The van der Waals surface area contributed by atoms with E-state index in [0.29, 0.717) is 38.1 Å².